The molecule has 0 bridgehead atoms. The molecule has 1 aliphatic rings. The number of hydrogen-bond acceptors (Lipinski definition) is 2. The lowest BCUT2D eigenvalue weighted by molar-refractivity contribution is 0.0864. The highest BCUT2D eigenvalue weighted by atomic mass is 16.3. The molecule has 3 nitrogen and oxygen atoms in total. The summed E-state index contributed by atoms with van der Waals surface area (Å²) in [6, 6.07) is 15.0. The average Bonchev–Trinajstić information content (AvgIpc) is 3.14. The Balaban J connectivity index is 1.65. The Morgan fingerprint density at radius 2 is 1.89 bits per heavy atom. The van der Waals surface area contributed by atoms with Gasteiger partial charge in [-0.3, -0.25) is 4.90 Å². The number of aliphatic hydroxyl groups excluding tert-OH is 1. The molecule has 28 heavy (non-hydrogen) atoms. The Labute approximate surface area is 170 Å². The van der Waals surface area contributed by atoms with Crippen LogP contribution >= 0.6 is 0 Å². The third-order valence-corrected chi connectivity index (χ3v) is 5.92. The number of hydrogen-bond donors (Lipinski definition) is 1. The molecular weight excluding hydrogens is 344 g/mol. The van der Waals surface area contributed by atoms with Crippen LogP contribution in [0.2, 0.25) is 0 Å². The third kappa shape index (κ3) is 6.65. The van der Waals surface area contributed by atoms with Crippen LogP contribution in [0.25, 0.3) is 0 Å². The lowest BCUT2D eigenvalue weighted by Gasteiger charge is -2.31. The maximum absolute atomic E-state index is 10.5. The van der Waals surface area contributed by atoms with E-state index in [0.717, 1.165) is 44.9 Å². The van der Waals surface area contributed by atoms with E-state index in [1.165, 1.54) is 43.4 Å². The largest absolute Gasteiger partial charge is 0.392 e. The fourth-order valence-corrected chi connectivity index (χ4v) is 4.39. The normalized spacial score (nSPS) is 16.4. The Morgan fingerprint density at radius 3 is 2.64 bits per heavy atom. The first-order valence-corrected chi connectivity index (χ1v) is 10.9. The molecule has 1 aliphatic carbocycles. The Bertz CT molecular complexity index is 688. The molecule has 0 aliphatic heterocycles. The molecule has 1 aromatic heterocycles. The lowest BCUT2D eigenvalue weighted by Crippen LogP contribution is -2.36. The molecule has 1 unspecified atom stereocenters. The summed E-state index contributed by atoms with van der Waals surface area (Å²) in [6.45, 7) is 7.45. The second kappa shape index (κ2) is 11.2. The SMILES string of the molecule is C=CCCC(O)CN(Cc1cccn1Cc1ccccc1)CC1CCCCC1. The standard InChI is InChI=1S/C25H36N2O/c1-2-3-16-25(28)21-26(18-22-11-6-4-7-12-22)20-24-15-10-17-27(24)19-23-13-8-5-9-14-23/h2,5,8-10,13-15,17,22,25,28H,1,3-4,6-7,11-12,16,18-21H2. The molecule has 0 amide bonds. The van der Waals surface area contributed by atoms with Crippen molar-refractivity contribution in [3.8, 4) is 0 Å². The van der Waals surface area contributed by atoms with Crippen LogP contribution in [-0.4, -0.2) is 33.8 Å². The zero-order valence-electron chi connectivity index (χ0n) is 17.2. The van der Waals surface area contributed by atoms with E-state index in [-0.39, 0.29) is 6.10 Å². The second-order valence-corrected chi connectivity index (χ2v) is 8.33. The molecule has 0 spiro atoms. The van der Waals surface area contributed by atoms with Gasteiger partial charge in [-0.2, -0.15) is 0 Å². The number of allylic oxidation sites excluding steroid dienone is 1. The lowest BCUT2D eigenvalue weighted by atomic mass is 9.89. The average molecular weight is 381 g/mol. The molecule has 1 N–H and O–H groups in total. The predicted octanol–water partition coefficient (Wildman–Crippen LogP) is 5.25. The molecule has 3 heteroatoms. The quantitative estimate of drug-likeness (QED) is 0.540. The van der Waals surface area contributed by atoms with Crippen LogP contribution in [0.15, 0.2) is 61.3 Å². The molecule has 3 rings (SSSR count). The van der Waals surface area contributed by atoms with Gasteiger partial charge in [-0.15, -0.1) is 6.58 Å². The monoisotopic (exact) mass is 380 g/mol. The van der Waals surface area contributed by atoms with Gasteiger partial charge in [0.2, 0.25) is 0 Å². The molecule has 2 aromatic rings. The maximum Gasteiger partial charge on any atom is 0.0670 e. The highest BCUT2D eigenvalue weighted by Crippen LogP contribution is 2.25. The van der Waals surface area contributed by atoms with E-state index in [0.29, 0.717) is 0 Å². The summed E-state index contributed by atoms with van der Waals surface area (Å²) in [5.74, 6) is 0.776. The molecule has 1 heterocycles. The van der Waals surface area contributed by atoms with E-state index in [9.17, 15) is 5.11 Å². The van der Waals surface area contributed by atoms with Crippen LogP contribution in [0, 0.1) is 5.92 Å². The van der Waals surface area contributed by atoms with Crippen molar-refractivity contribution in [1.29, 1.82) is 0 Å². The number of aromatic nitrogens is 1. The van der Waals surface area contributed by atoms with Gasteiger partial charge in [0.25, 0.3) is 0 Å². The van der Waals surface area contributed by atoms with Crippen molar-refractivity contribution in [3.05, 3.63) is 72.6 Å². The van der Waals surface area contributed by atoms with Crippen molar-refractivity contribution in [2.45, 2.75) is 64.1 Å². The Kier molecular flexibility index (Phi) is 8.38. The smallest absolute Gasteiger partial charge is 0.0670 e. The van der Waals surface area contributed by atoms with E-state index in [1.807, 2.05) is 6.08 Å². The number of rotatable bonds is 11. The molecule has 0 radical (unpaired) electrons. The topological polar surface area (TPSA) is 28.4 Å². The number of nitrogens with zero attached hydrogens (tertiary/aromatic N) is 2. The minimum Gasteiger partial charge on any atom is -0.392 e. The highest BCUT2D eigenvalue weighted by molar-refractivity contribution is 5.17. The minimum atomic E-state index is -0.279. The number of benzene rings is 1. The van der Waals surface area contributed by atoms with Gasteiger partial charge in [-0.1, -0.05) is 55.7 Å². The molecule has 1 atom stereocenters. The second-order valence-electron chi connectivity index (χ2n) is 8.33. The Morgan fingerprint density at radius 1 is 1.11 bits per heavy atom. The molecule has 1 aromatic carbocycles. The van der Waals surface area contributed by atoms with Gasteiger partial charge >= 0.3 is 0 Å². The van der Waals surface area contributed by atoms with Gasteiger partial charge in [0.1, 0.15) is 0 Å². The first-order valence-electron chi connectivity index (χ1n) is 10.9. The van der Waals surface area contributed by atoms with E-state index < -0.39 is 0 Å². The van der Waals surface area contributed by atoms with Gasteiger partial charge in [0.15, 0.2) is 0 Å². The summed E-state index contributed by atoms with van der Waals surface area (Å²) in [6.07, 6.45) is 12.3. The fourth-order valence-electron chi connectivity index (χ4n) is 4.39. The van der Waals surface area contributed by atoms with Crippen molar-refractivity contribution >= 4 is 0 Å². The summed E-state index contributed by atoms with van der Waals surface area (Å²) in [5.41, 5.74) is 2.65. The van der Waals surface area contributed by atoms with Crippen molar-refractivity contribution in [3.63, 3.8) is 0 Å². The van der Waals surface area contributed by atoms with E-state index in [2.05, 4.69) is 64.7 Å². The molecule has 1 saturated carbocycles. The summed E-state index contributed by atoms with van der Waals surface area (Å²) in [4.78, 5) is 2.49. The summed E-state index contributed by atoms with van der Waals surface area (Å²) >= 11 is 0. The first-order chi connectivity index (χ1) is 13.7. The zero-order valence-corrected chi connectivity index (χ0v) is 17.2. The zero-order chi connectivity index (χ0) is 19.6. The van der Waals surface area contributed by atoms with Crippen molar-refractivity contribution in [2.75, 3.05) is 13.1 Å². The van der Waals surface area contributed by atoms with Crippen LogP contribution in [0.4, 0.5) is 0 Å². The third-order valence-electron chi connectivity index (χ3n) is 5.92. The first kappa shape index (κ1) is 20.9. The summed E-state index contributed by atoms with van der Waals surface area (Å²) < 4.78 is 2.35. The fraction of sp³-hybridized carbons (Fsp3) is 0.520. The summed E-state index contributed by atoms with van der Waals surface area (Å²) in [7, 11) is 0. The molecule has 0 saturated heterocycles. The van der Waals surface area contributed by atoms with Gasteiger partial charge < -0.3 is 9.67 Å². The van der Waals surface area contributed by atoms with E-state index >= 15 is 0 Å². The van der Waals surface area contributed by atoms with Gasteiger partial charge in [-0.05, 0) is 49.3 Å². The van der Waals surface area contributed by atoms with Gasteiger partial charge in [0, 0.05) is 38.1 Å². The summed E-state index contributed by atoms with van der Waals surface area (Å²) in [5, 5.41) is 10.5. The molecule has 1 fully saturated rings. The predicted molar refractivity (Wildman–Crippen MR) is 117 cm³/mol. The van der Waals surface area contributed by atoms with Crippen LogP contribution in [-0.2, 0) is 13.1 Å². The van der Waals surface area contributed by atoms with Crippen LogP contribution < -0.4 is 0 Å². The highest BCUT2D eigenvalue weighted by Gasteiger charge is 2.20. The number of aliphatic hydroxyl groups is 1. The van der Waals surface area contributed by atoms with Crippen molar-refractivity contribution < 1.29 is 5.11 Å². The van der Waals surface area contributed by atoms with Crippen LogP contribution in [0.1, 0.15) is 56.2 Å². The van der Waals surface area contributed by atoms with Crippen LogP contribution in [0.3, 0.4) is 0 Å². The maximum atomic E-state index is 10.5. The minimum absolute atomic E-state index is 0.279. The molecule has 152 valence electrons. The van der Waals surface area contributed by atoms with Gasteiger partial charge in [-0.25, -0.2) is 0 Å². The molecular formula is C25H36N2O. The van der Waals surface area contributed by atoms with Crippen molar-refractivity contribution in [1.82, 2.24) is 9.47 Å². The van der Waals surface area contributed by atoms with Crippen LogP contribution in [0.5, 0.6) is 0 Å². The van der Waals surface area contributed by atoms with E-state index in [4.69, 9.17) is 0 Å². The Hall–Kier alpha value is -1.84. The van der Waals surface area contributed by atoms with Crippen molar-refractivity contribution in [2.24, 2.45) is 5.92 Å². The van der Waals surface area contributed by atoms with Gasteiger partial charge in [0.05, 0.1) is 6.10 Å². The van der Waals surface area contributed by atoms with E-state index in [1.54, 1.807) is 0 Å².